The number of hydrazine groups is 1. The molecule has 0 saturated heterocycles. The van der Waals surface area contributed by atoms with Crippen molar-refractivity contribution < 1.29 is 4.79 Å². The first-order valence-corrected chi connectivity index (χ1v) is 6.30. The van der Waals surface area contributed by atoms with Gasteiger partial charge in [0.15, 0.2) is 0 Å². The molecule has 100 valence electrons. The van der Waals surface area contributed by atoms with E-state index in [2.05, 4.69) is 21.9 Å². The van der Waals surface area contributed by atoms with Crippen molar-refractivity contribution in [3.8, 4) is 0 Å². The Morgan fingerprint density at radius 3 is 2.63 bits per heavy atom. The Bertz CT molecular complexity index is 545. The standard InChI is InChI=1S/C14H18N4O/c1-2-13-16-7-8-18(13)10-12-5-3-11(4-6-12)9-14(19)17-15/h3-8H,2,9-10,15H2,1H3,(H,17,19). The van der Waals surface area contributed by atoms with E-state index in [9.17, 15) is 4.79 Å². The Hall–Kier alpha value is -2.14. The van der Waals surface area contributed by atoms with Gasteiger partial charge in [0, 0.05) is 25.4 Å². The van der Waals surface area contributed by atoms with Gasteiger partial charge in [0.2, 0.25) is 5.91 Å². The average molecular weight is 258 g/mol. The van der Waals surface area contributed by atoms with Crippen molar-refractivity contribution in [2.75, 3.05) is 0 Å². The lowest BCUT2D eigenvalue weighted by molar-refractivity contribution is -0.120. The number of carbonyl (C=O) groups excluding carboxylic acids is 1. The Morgan fingerprint density at radius 2 is 2.00 bits per heavy atom. The maximum absolute atomic E-state index is 11.2. The molecule has 0 radical (unpaired) electrons. The molecule has 0 unspecified atom stereocenters. The van der Waals surface area contributed by atoms with Crippen LogP contribution in [0.1, 0.15) is 23.9 Å². The van der Waals surface area contributed by atoms with Crippen LogP contribution < -0.4 is 11.3 Å². The van der Waals surface area contributed by atoms with E-state index in [-0.39, 0.29) is 5.91 Å². The van der Waals surface area contributed by atoms with Crippen LogP contribution in [0.2, 0.25) is 0 Å². The molecule has 0 aliphatic carbocycles. The predicted molar refractivity (Wildman–Crippen MR) is 73.2 cm³/mol. The van der Waals surface area contributed by atoms with E-state index in [1.165, 1.54) is 5.56 Å². The molecule has 0 atom stereocenters. The van der Waals surface area contributed by atoms with Crippen molar-refractivity contribution in [2.45, 2.75) is 26.3 Å². The second-order valence-corrected chi connectivity index (χ2v) is 4.39. The third-order valence-electron chi connectivity index (χ3n) is 3.02. The van der Waals surface area contributed by atoms with Crippen molar-refractivity contribution in [3.05, 3.63) is 53.6 Å². The average Bonchev–Trinajstić information content (AvgIpc) is 2.88. The first kappa shape index (κ1) is 13.3. The Balaban J connectivity index is 2.04. The maximum Gasteiger partial charge on any atom is 0.238 e. The van der Waals surface area contributed by atoms with Crippen LogP contribution in [0.3, 0.4) is 0 Å². The number of carbonyl (C=O) groups is 1. The number of imidazole rings is 1. The number of aryl methyl sites for hydroxylation is 1. The minimum atomic E-state index is -0.185. The van der Waals surface area contributed by atoms with Gasteiger partial charge >= 0.3 is 0 Å². The molecule has 1 aromatic heterocycles. The van der Waals surface area contributed by atoms with Crippen LogP contribution in [-0.4, -0.2) is 15.5 Å². The molecule has 5 heteroatoms. The summed E-state index contributed by atoms with van der Waals surface area (Å²) in [7, 11) is 0. The van der Waals surface area contributed by atoms with Gasteiger partial charge in [-0.3, -0.25) is 10.2 Å². The van der Waals surface area contributed by atoms with Gasteiger partial charge in [0.25, 0.3) is 0 Å². The third kappa shape index (κ3) is 3.42. The van der Waals surface area contributed by atoms with E-state index in [1.54, 1.807) is 0 Å². The molecule has 19 heavy (non-hydrogen) atoms. The lowest BCUT2D eigenvalue weighted by Gasteiger charge is -2.07. The number of hydrogen-bond donors (Lipinski definition) is 2. The molecule has 0 fully saturated rings. The second-order valence-electron chi connectivity index (χ2n) is 4.39. The topological polar surface area (TPSA) is 72.9 Å². The molecular weight excluding hydrogens is 240 g/mol. The van der Waals surface area contributed by atoms with Crippen molar-refractivity contribution in [1.82, 2.24) is 15.0 Å². The fourth-order valence-electron chi connectivity index (χ4n) is 1.99. The molecule has 5 nitrogen and oxygen atoms in total. The fraction of sp³-hybridized carbons (Fsp3) is 0.286. The van der Waals surface area contributed by atoms with Crippen LogP contribution in [0.15, 0.2) is 36.7 Å². The van der Waals surface area contributed by atoms with Crippen molar-refractivity contribution in [2.24, 2.45) is 5.84 Å². The summed E-state index contributed by atoms with van der Waals surface area (Å²) in [6, 6.07) is 7.96. The van der Waals surface area contributed by atoms with Gasteiger partial charge in [-0.1, -0.05) is 31.2 Å². The molecule has 1 heterocycles. The summed E-state index contributed by atoms with van der Waals surface area (Å²) < 4.78 is 2.13. The highest BCUT2D eigenvalue weighted by Crippen LogP contribution is 2.09. The molecule has 1 amide bonds. The monoisotopic (exact) mass is 258 g/mol. The SMILES string of the molecule is CCc1nccn1Cc1ccc(CC(=O)NN)cc1. The van der Waals surface area contributed by atoms with Crippen LogP contribution in [0, 0.1) is 0 Å². The zero-order valence-electron chi connectivity index (χ0n) is 11.0. The van der Waals surface area contributed by atoms with Gasteiger partial charge < -0.3 is 4.57 Å². The molecule has 0 aliphatic rings. The molecule has 1 aromatic carbocycles. The molecule has 2 rings (SSSR count). The number of nitrogens with two attached hydrogens (primary N) is 1. The highest BCUT2D eigenvalue weighted by atomic mass is 16.2. The van der Waals surface area contributed by atoms with Gasteiger partial charge in [0.1, 0.15) is 5.82 Å². The van der Waals surface area contributed by atoms with Crippen molar-refractivity contribution in [3.63, 3.8) is 0 Å². The van der Waals surface area contributed by atoms with Gasteiger partial charge in [-0.15, -0.1) is 0 Å². The summed E-state index contributed by atoms with van der Waals surface area (Å²) in [4.78, 5) is 15.5. The largest absolute Gasteiger partial charge is 0.331 e. The molecule has 2 aromatic rings. The van der Waals surface area contributed by atoms with Gasteiger partial charge in [-0.25, -0.2) is 10.8 Å². The number of nitrogens with zero attached hydrogens (tertiary/aromatic N) is 2. The fourth-order valence-corrected chi connectivity index (χ4v) is 1.99. The highest BCUT2D eigenvalue weighted by Gasteiger charge is 2.03. The van der Waals surface area contributed by atoms with Gasteiger partial charge in [-0.2, -0.15) is 0 Å². The normalized spacial score (nSPS) is 10.4. The Morgan fingerprint density at radius 1 is 1.32 bits per heavy atom. The summed E-state index contributed by atoms with van der Waals surface area (Å²) in [6.45, 7) is 2.89. The van der Waals surface area contributed by atoms with E-state index < -0.39 is 0 Å². The quantitative estimate of drug-likeness (QED) is 0.478. The number of benzene rings is 1. The second kappa shape index (κ2) is 6.15. The molecule has 0 bridgehead atoms. The van der Waals surface area contributed by atoms with E-state index in [4.69, 9.17) is 5.84 Å². The molecule has 3 N–H and O–H groups in total. The first-order valence-electron chi connectivity index (χ1n) is 6.30. The van der Waals surface area contributed by atoms with Gasteiger partial charge in [-0.05, 0) is 11.1 Å². The molecule has 0 spiro atoms. The zero-order chi connectivity index (χ0) is 13.7. The number of rotatable bonds is 5. The van der Waals surface area contributed by atoms with E-state index in [1.807, 2.05) is 36.7 Å². The first-order chi connectivity index (χ1) is 9.22. The summed E-state index contributed by atoms with van der Waals surface area (Å²) in [5.41, 5.74) is 4.26. The van der Waals surface area contributed by atoms with Gasteiger partial charge in [0.05, 0.1) is 6.42 Å². The van der Waals surface area contributed by atoms with Crippen LogP contribution >= 0.6 is 0 Å². The maximum atomic E-state index is 11.2. The van der Waals surface area contributed by atoms with E-state index in [0.717, 1.165) is 24.4 Å². The molecular formula is C14H18N4O. The summed E-state index contributed by atoms with van der Waals surface area (Å²) in [6.07, 6.45) is 5.03. The summed E-state index contributed by atoms with van der Waals surface area (Å²) >= 11 is 0. The number of nitrogens with one attached hydrogen (secondary N) is 1. The third-order valence-corrected chi connectivity index (χ3v) is 3.02. The lowest BCUT2D eigenvalue weighted by atomic mass is 10.1. The summed E-state index contributed by atoms with van der Waals surface area (Å²) in [5, 5.41) is 0. The van der Waals surface area contributed by atoms with Crippen LogP contribution in [0.4, 0.5) is 0 Å². The Labute approximate surface area is 112 Å². The minimum Gasteiger partial charge on any atom is -0.331 e. The number of amides is 1. The predicted octanol–water partition coefficient (Wildman–Crippen LogP) is 1.03. The van der Waals surface area contributed by atoms with Crippen LogP contribution in [0.5, 0.6) is 0 Å². The van der Waals surface area contributed by atoms with Crippen molar-refractivity contribution in [1.29, 1.82) is 0 Å². The summed E-state index contributed by atoms with van der Waals surface area (Å²) in [5.74, 6) is 5.95. The highest BCUT2D eigenvalue weighted by molar-refractivity contribution is 5.77. The van der Waals surface area contributed by atoms with Crippen molar-refractivity contribution >= 4 is 5.91 Å². The number of aromatic nitrogens is 2. The van der Waals surface area contributed by atoms with E-state index in [0.29, 0.717) is 6.42 Å². The molecule has 0 saturated carbocycles. The molecule has 0 aliphatic heterocycles. The number of hydrogen-bond acceptors (Lipinski definition) is 3. The smallest absolute Gasteiger partial charge is 0.238 e. The zero-order valence-corrected chi connectivity index (χ0v) is 11.0. The minimum absolute atomic E-state index is 0.185. The lowest BCUT2D eigenvalue weighted by Crippen LogP contribution is -2.31. The van der Waals surface area contributed by atoms with Crippen LogP contribution in [0.25, 0.3) is 0 Å². The Kier molecular flexibility index (Phi) is 4.30. The van der Waals surface area contributed by atoms with Crippen LogP contribution in [-0.2, 0) is 24.2 Å². The van der Waals surface area contributed by atoms with E-state index >= 15 is 0 Å².